The Balaban J connectivity index is 2.16. The first-order valence-electron chi connectivity index (χ1n) is 5.68. The highest BCUT2D eigenvalue weighted by Crippen LogP contribution is 2.26. The lowest BCUT2D eigenvalue weighted by atomic mass is 10.0. The number of benzene rings is 2. The Labute approximate surface area is 100 Å². The summed E-state index contributed by atoms with van der Waals surface area (Å²) < 4.78 is 0. The van der Waals surface area contributed by atoms with E-state index in [4.69, 9.17) is 5.73 Å². The number of rotatable bonds is 1. The molecule has 0 unspecified atom stereocenters. The van der Waals surface area contributed by atoms with Gasteiger partial charge in [-0.3, -0.25) is 0 Å². The van der Waals surface area contributed by atoms with Gasteiger partial charge in [-0.15, -0.1) is 0 Å². The first-order valence-corrected chi connectivity index (χ1v) is 5.68. The van der Waals surface area contributed by atoms with Crippen LogP contribution in [0, 0.1) is 6.92 Å². The molecule has 3 rings (SSSR count). The van der Waals surface area contributed by atoms with E-state index in [-0.39, 0.29) is 0 Å². The van der Waals surface area contributed by atoms with Gasteiger partial charge in [0.2, 0.25) is 0 Å². The highest BCUT2D eigenvalue weighted by molar-refractivity contribution is 5.85. The zero-order chi connectivity index (χ0) is 11.8. The van der Waals surface area contributed by atoms with Gasteiger partial charge in [0.25, 0.3) is 0 Å². The fourth-order valence-corrected chi connectivity index (χ4v) is 2.08. The topological polar surface area (TPSA) is 41.8 Å². The third-order valence-electron chi connectivity index (χ3n) is 3.16. The monoisotopic (exact) mass is 222 g/mol. The van der Waals surface area contributed by atoms with Crippen LogP contribution in [-0.2, 0) is 0 Å². The molecule has 3 N–H and O–H groups in total. The Morgan fingerprint density at radius 2 is 1.71 bits per heavy atom. The van der Waals surface area contributed by atoms with Gasteiger partial charge in [-0.05, 0) is 53.3 Å². The molecule has 2 heteroatoms. The Morgan fingerprint density at radius 3 is 2.53 bits per heavy atom. The molecule has 2 aromatic carbocycles. The normalized spacial score (nSPS) is 10.9. The van der Waals surface area contributed by atoms with Crippen molar-refractivity contribution in [3.05, 3.63) is 54.2 Å². The van der Waals surface area contributed by atoms with Crippen LogP contribution in [0.5, 0.6) is 0 Å². The number of nitrogen functional groups attached to an aromatic ring is 1. The molecule has 0 aliphatic rings. The van der Waals surface area contributed by atoms with Crippen molar-refractivity contribution in [1.82, 2.24) is 4.98 Å². The molecule has 2 nitrogen and oxygen atoms in total. The van der Waals surface area contributed by atoms with Crippen LogP contribution in [0.1, 0.15) is 5.56 Å². The third kappa shape index (κ3) is 1.68. The maximum atomic E-state index is 5.83. The maximum absolute atomic E-state index is 5.83. The number of nitrogens with two attached hydrogens (primary N) is 1. The lowest BCUT2D eigenvalue weighted by Gasteiger charge is -2.05. The molecular weight excluding hydrogens is 208 g/mol. The molecule has 0 bridgehead atoms. The Morgan fingerprint density at radius 1 is 0.941 bits per heavy atom. The van der Waals surface area contributed by atoms with E-state index in [1.54, 1.807) is 0 Å². The number of nitrogens with one attached hydrogen (secondary N) is 1. The van der Waals surface area contributed by atoms with Crippen LogP contribution in [0.2, 0.25) is 0 Å². The molecule has 0 fully saturated rings. The quantitative estimate of drug-likeness (QED) is 0.605. The zero-order valence-corrected chi connectivity index (χ0v) is 9.70. The standard InChI is InChI=1S/C15H14N2/c1-10-8-12(4-5-14(10)16)13-3-2-11-6-7-17-15(11)9-13/h2-9,17H,16H2,1H3. The fraction of sp³-hybridized carbons (Fsp3) is 0.0667. The van der Waals surface area contributed by atoms with E-state index >= 15 is 0 Å². The first-order chi connectivity index (χ1) is 8.24. The average molecular weight is 222 g/mol. The minimum atomic E-state index is 0.842. The van der Waals surface area contributed by atoms with Crippen molar-refractivity contribution < 1.29 is 0 Å². The number of aromatic amines is 1. The van der Waals surface area contributed by atoms with Crippen LogP contribution in [0.25, 0.3) is 22.0 Å². The van der Waals surface area contributed by atoms with Crippen molar-refractivity contribution in [3.8, 4) is 11.1 Å². The number of aromatic nitrogens is 1. The van der Waals surface area contributed by atoms with Crippen LogP contribution in [0.4, 0.5) is 5.69 Å². The largest absolute Gasteiger partial charge is 0.399 e. The number of hydrogen-bond acceptors (Lipinski definition) is 1. The van der Waals surface area contributed by atoms with Gasteiger partial charge in [0, 0.05) is 17.4 Å². The molecule has 0 aliphatic carbocycles. The summed E-state index contributed by atoms with van der Waals surface area (Å²) in [7, 11) is 0. The number of fused-ring (bicyclic) bond motifs is 1. The smallest absolute Gasteiger partial charge is 0.0460 e. The molecule has 17 heavy (non-hydrogen) atoms. The minimum absolute atomic E-state index is 0.842. The van der Waals surface area contributed by atoms with Crippen LogP contribution < -0.4 is 5.73 Å². The van der Waals surface area contributed by atoms with Crippen molar-refractivity contribution in [1.29, 1.82) is 0 Å². The summed E-state index contributed by atoms with van der Waals surface area (Å²) in [4.78, 5) is 3.23. The van der Waals surface area contributed by atoms with Gasteiger partial charge in [-0.1, -0.05) is 18.2 Å². The predicted octanol–water partition coefficient (Wildman–Crippen LogP) is 3.73. The molecular formula is C15H14N2. The molecule has 0 aliphatic heterocycles. The third-order valence-corrected chi connectivity index (χ3v) is 3.16. The second-order valence-electron chi connectivity index (χ2n) is 4.35. The van der Waals surface area contributed by atoms with Gasteiger partial charge in [-0.25, -0.2) is 0 Å². The molecule has 0 radical (unpaired) electrons. The van der Waals surface area contributed by atoms with Crippen molar-refractivity contribution in [3.63, 3.8) is 0 Å². The molecule has 0 saturated carbocycles. The highest BCUT2D eigenvalue weighted by Gasteiger charge is 2.02. The van der Waals surface area contributed by atoms with E-state index in [2.05, 4.69) is 41.4 Å². The van der Waals surface area contributed by atoms with Gasteiger partial charge in [-0.2, -0.15) is 0 Å². The van der Waals surface area contributed by atoms with Gasteiger partial charge < -0.3 is 10.7 Å². The summed E-state index contributed by atoms with van der Waals surface area (Å²) in [5, 5.41) is 1.24. The van der Waals surface area contributed by atoms with E-state index in [1.807, 2.05) is 19.2 Å². The molecule has 3 aromatic rings. The lowest BCUT2D eigenvalue weighted by molar-refractivity contribution is 1.46. The van der Waals surface area contributed by atoms with Crippen molar-refractivity contribution >= 4 is 16.6 Å². The highest BCUT2D eigenvalue weighted by atomic mass is 14.7. The summed E-state index contributed by atoms with van der Waals surface area (Å²) in [5.74, 6) is 0. The zero-order valence-electron chi connectivity index (χ0n) is 9.70. The minimum Gasteiger partial charge on any atom is -0.399 e. The maximum Gasteiger partial charge on any atom is 0.0460 e. The first kappa shape index (κ1) is 9.97. The van der Waals surface area contributed by atoms with Crippen LogP contribution in [0.3, 0.4) is 0 Å². The SMILES string of the molecule is Cc1cc(-c2ccc3cc[nH]c3c2)ccc1N. The molecule has 0 spiro atoms. The molecule has 0 amide bonds. The number of anilines is 1. The van der Waals surface area contributed by atoms with Crippen LogP contribution >= 0.6 is 0 Å². The van der Waals surface area contributed by atoms with E-state index in [1.165, 1.54) is 16.5 Å². The summed E-state index contributed by atoms with van der Waals surface area (Å²) in [6.07, 6.45) is 1.96. The Kier molecular flexibility index (Phi) is 2.15. The summed E-state index contributed by atoms with van der Waals surface area (Å²) >= 11 is 0. The Bertz CT molecular complexity index is 680. The predicted molar refractivity (Wildman–Crippen MR) is 72.9 cm³/mol. The fourth-order valence-electron chi connectivity index (χ4n) is 2.08. The van der Waals surface area contributed by atoms with E-state index in [0.717, 1.165) is 16.8 Å². The lowest BCUT2D eigenvalue weighted by Crippen LogP contribution is -1.89. The van der Waals surface area contributed by atoms with Gasteiger partial charge in [0.1, 0.15) is 0 Å². The number of aryl methyl sites for hydroxylation is 1. The summed E-state index contributed by atoms with van der Waals surface area (Å²) in [6, 6.07) is 14.7. The van der Waals surface area contributed by atoms with Crippen molar-refractivity contribution in [2.75, 3.05) is 5.73 Å². The number of hydrogen-bond donors (Lipinski definition) is 2. The second-order valence-corrected chi connectivity index (χ2v) is 4.35. The molecule has 1 aromatic heterocycles. The van der Waals surface area contributed by atoms with E-state index < -0.39 is 0 Å². The summed E-state index contributed by atoms with van der Waals surface area (Å²) in [5.41, 5.74) is 11.4. The van der Waals surface area contributed by atoms with Gasteiger partial charge in [0.05, 0.1) is 0 Å². The van der Waals surface area contributed by atoms with E-state index in [9.17, 15) is 0 Å². The summed E-state index contributed by atoms with van der Waals surface area (Å²) in [6.45, 7) is 2.03. The van der Waals surface area contributed by atoms with Crippen LogP contribution in [-0.4, -0.2) is 4.98 Å². The van der Waals surface area contributed by atoms with Crippen molar-refractivity contribution in [2.24, 2.45) is 0 Å². The number of H-pyrrole nitrogens is 1. The van der Waals surface area contributed by atoms with E-state index in [0.29, 0.717) is 0 Å². The molecule has 0 atom stereocenters. The molecule has 0 saturated heterocycles. The van der Waals surface area contributed by atoms with Crippen molar-refractivity contribution in [2.45, 2.75) is 6.92 Å². The molecule has 84 valence electrons. The molecule has 1 heterocycles. The van der Waals surface area contributed by atoms with Gasteiger partial charge in [0.15, 0.2) is 0 Å². The average Bonchev–Trinajstić information content (AvgIpc) is 2.79. The van der Waals surface area contributed by atoms with Crippen LogP contribution in [0.15, 0.2) is 48.7 Å². The Hall–Kier alpha value is -2.22. The van der Waals surface area contributed by atoms with Gasteiger partial charge >= 0.3 is 0 Å². The second kappa shape index (κ2) is 3.67.